The van der Waals surface area contributed by atoms with Crippen molar-refractivity contribution in [1.82, 2.24) is 15.3 Å². The van der Waals surface area contributed by atoms with Crippen LogP contribution in [0, 0.1) is 13.8 Å². The molecule has 0 aliphatic carbocycles. The van der Waals surface area contributed by atoms with Crippen LogP contribution in [0.3, 0.4) is 0 Å². The van der Waals surface area contributed by atoms with Gasteiger partial charge >= 0.3 is 0 Å². The number of pyridine rings is 2. The zero-order chi connectivity index (χ0) is 17.8. The molecule has 126 valence electrons. The molecule has 1 aromatic carbocycles. The Kier molecular flexibility index (Phi) is 4.89. The third-order valence-electron chi connectivity index (χ3n) is 4.22. The molecule has 0 aliphatic heterocycles. The van der Waals surface area contributed by atoms with Gasteiger partial charge < -0.3 is 5.32 Å². The van der Waals surface area contributed by atoms with Gasteiger partial charge in [-0.1, -0.05) is 23.8 Å². The van der Waals surface area contributed by atoms with Crippen LogP contribution in [0.15, 0.2) is 61.1 Å². The predicted molar refractivity (Wildman–Crippen MR) is 99.3 cm³/mol. The molecule has 3 aromatic rings. The normalized spacial score (nSPS) is 11.8. The Labute approximate surface area is 148 Å². The SMILES string of the molecule is Cc1ccc([C@H](C)NC(=O)c2ccc(-c3cccnc3)nc2)c(C)c1. The second-order valence-corrected chi connectivity index (χ2v) is 6.23. The highest BCUT2D eigenvalue weighted by Crippen LogP contribution is 2.20. The molecule has 2 aromatic heterocycles. The van der Waals surface area contributed by atoms with E-state index in [-0.39, 0.29) is 11.9 Å². The summed E-state index contributed by atoms with van der Waals surface area (Å²) in [5.74, 6) is -0.127. The Balaban J connectivity index is 1.73. The number of carbonyl (C=O) groups excluding carboxylic acids is 1. The van der Waals surface area contributed by atoms with Crippen LogP contribution in [0.1, 0.15) is 40.0 Å². The van der Waals surface area contributed by atoms with Crippen molar-refractivity contribution >= 4 is 5.91 Å². The monoisotopic (exact) mass is 331 g/mol. The second-order valence-electron chi connectivity index (χ2n) is 6.23. The molecule has 0 bridgehead atoms. The number of amides is 1. The highest BCUT2D eigenvalue weighted by Gasteiger charge is 2.14. The third kappa shape index (κ3) is 3.91. The first-order valence-electron chi connectivity index (χ1n) is 8.29. The maximum absolute atomic E-state index is 12.5. The molecule has 0 radical (unpaired) electrons. The number of aromatic nitrogens is 2. The van der Waals surface area contributed by atoms with Crippen LogP contribution in [0.25, 0.3) is 11.3 Å². The van der Waals surface area contributed by atoms with Gasteiger partial charge in [-0.05, 0) is 56.2 Å². The molecule has 25 heavy (non-hydrogen) atoms. The first kappa shape index (κ1) is 16.8. The van der Waals surface area contributed by atoms with Crippen molar-refractivity contribution in [3.8, 4) is 11.3 Å². The average molecular weight is 331 g/mol. The number of hydrogen-bond donors (Lipinski definition) is 1. The minimum Gasteiger partial charge on any atom is -0.345 e. The second kappa shape index (κ2) is 7.26. The molecule has 4 nitrogen and oxygen atoms in total. The molecule has 1 amide bonds. The summed E-state index contributed by atoms with van der Waals surface area (Å²) < 4.78 is 0. The number of carbonyl (C=O) groups is 1. The fraction of sp³-hybridized carbons (Fsp3) is 0.190. The number of rotatable bonds is 4. The van der Waals surface area contributed by atoms with Crippen LogP contribution in [0.4, 0.5) is 0 Å². The molecule has 3 rings (SSSR count). The van der Waals surface area contributed by atoms with Gasteiger partial charge in [-0.25, -0.2) is 0 Å². The topological polar surface area (TPSA) is 54.9 Å². The highest BCUT2D eigenvalue weighted by molar-refractivity contribution is 5.94. The lowest BCUT2D eigenvalue weighted by Crippen LogP contribution is -2.27. The lowest BCUT2D eigenvalue weighted by Gasteiger charge is -2.17. The van der Waals surface area contributed by atoms with Gasteiger partial charge in [0, 0.05) is 24.2 Å². The maximum atomic E-state index is 12.5. The van der Waals surface area contributed by atoms with Crippen molar-refractivity contribution in [2.45, 2.75) is 26.8 Å². The van der Waals surface area contributed by atoms with E-state index in [1.165, 1.54) is 11.1 Å². The quantitative estimate of drug-likeness (QED) is 0.777. The van der Waals surface area contributed by atoms with E-state index in [1.54, 1.807) is 24.7 Å². The molecule has 4 heteroatoms. The van der Waals surface area contributed by atoms with Crippen molar-refractivity contribution in [2.75, 3.05) is 0 Å². The van der Waals surface area contributed by atoms with E-state index in [0.29, 0.717) is 5.56 Å². The van der Waals surface area contributed by atoms with E-state index in [9.17, 15) is 4.79 Å². The Morgan fingerprint density at radius 1 is 1.08 bits per heavy atom. The summed E-state index contributed by atoms with van der Waals surface area (Å²) in [6.07, 6.45) is 5.08. The Bertz CT molecular complexity index is 873. The van der Waals surface area contributed by atoms with E-state index in [0.717, 1.165) is 16.8 Å². The van der Waals surface area contributed by atoms with Crippen LogP contribution in [-0.4, -0.2) is 15.9 Å². The molecule has 0 saturated carbocycles. The standard InChI is InChI=1S/C21H21N3O/c1-14-6-8-19(15(2)11-14)16(3)24-21(25)18-7-9-20(23-13-18)17-5-4-10-22-12-17/h4-13,16H,1-3H3,(H,24,25)/t16-/m0/s1. The predicted octanol–water partition coefficient (Wildman–Crippen LogP) is 4.25. The lowest BCUT2D eigenvalue weighted by molar-refractivity contribution is 0.0939. The van der Waals surface area contributed by atoms with Gasteiger partial charge in [0.25, 0.3) is 5.91 Å². The smallest absolute Gasteiger partial charge is 0.253 e. The zero-order valence-electron chi connectivity index (χ0n) is 14.7. The minimum absolute atomic E-state index is 0.0638. The summed E-state index contributed by atoms with van der Waals surface area (Å²) in [5, 5.41) is 3.04. The average Bonchev–Trinajstić information content (AvgIpc) is 2.62. The molecule has 1 N–H and O–H groups in total. The first-order chi connectivity index (χ1) is 12.0. The summed E-state index contributed by atoms with van der Waals surface area (Å²) in [6, 6.07) is 13.6. The molecule has 0 unspecified atom stereocenters. The van der Waals surface area contributed by atoms with Crippen molar-refractivity contribution in [3.05, 3.63) is 83.3 Å². The van der Waals surface area contributed by atoms with E-state index in [4.69, 9.17) is 0 Å². The molecule has 0 saturated heterocycles. The van der Waals surface area contributed by atoms with E-state index >= 15 is 0 Å². The van der Waals surface area contributed by atoms with E-state index in [2.05, 4.69) is 47.3 Å². The Hall–Kier alpha value is -3.01. The molecular weight excluding hydrogens is 310 g/mol. The Morgan fingerprint density at radius 3 is 2.56 bits per heavy atom. The number of hydrogen-bond acceptors (Lipinski definition) is 3. The van der Waals surface area contributed by atoms with Crippen molar-refractivity contribution in [2.24, 2.45) is 0 Å². The van der Waals surface area contributed by atoms with E-state index in [1.807, 2.05) is 25.1 Å². The lowest BCUT2D eigenvalue weighted by atomic mass is 10.00. The van der Waals surface area contributed by atoms with Crippen LogP contribution < -0.4 is 5.32 Å². The number of nitrogens with zero attached hydrogens (tertiary/aromatic N) is 2. The molecule has 2 heterocycles. The number of nitrogens with one attached hydrogen (secondary N) is 1. The highest BCUT2D eigenvalue weighted by atomic mass is 16.1. The van der Waals surface area contributed by atoms with Gasteiger partial charge in [0.05, 0.1) is 17.3 Å². The molecule has 0 fully saturated rings. The van der Waals surface area contributed by atoms with E-state index < -0.39 is 0 Å². The number of benzene rings is 1. The van der Waals surface area contributed by atoms with Gasteiger partial charge in [-0.2, -0.15) is 0 Å². The van der Waals surface area contributed by atoms with Crippen LogP contribution >= 0.6 is 0 Å². The molecule has 1 atom stereocenters. The zero-order valence-corrected chi connectivity index (χ0v) is 14.7. The fourth-order valence-corrected chi connectivity index (χ4v) is 2.88. The fourth-order valence-electron chi connectivity index (χ4n) is 2.88. The van der Waals surface area contributed by atoms with Gasteiger partial charge in [-0.15, -0.1) is 0 Å². The van der Waals surface area contributed by atoms with Crippen molar-refractivity contribution in [3.63, 3.8) is 0 Å². The van der Waals surface area contributed by atoms with Crippen LogP contribution in [0.2, 0.25) is 0 Å². The van der Waals surface area contributed by atoms with Crippen LogP contribution in [-0.2, 0) is 0 Å². The summed E-state index contributed by atoms with van der Waals surface area (Å²) >= 11 is 0. The molecule has 0 aliphatic rings. The van der Waals surface area contributed by atoms with Crippen molar-refractivity contribution < 1.29 is 4.79 Å². The maximum Gasteiger partial charge on any atom is 0.253 e. The molecular formula is C21H21N3O. The summed E-state index contributed by atoms with van der Waals surface area (Å²) in [7, 11) is 0. The summed E-state index contributed by atoms with van der Waals surface area (Å²) in [6.45, 7) is 6.12. The summed E-state index contributed by atoms with van der Waals surface area (Å²) in [4.78, 5) is 21.0. The first-order valence-corrected chi connectivity index (χ1v) is 8.29. The number of aryl methyl sites for hydroxylation is 2. The van der Waals surface area contributed by atoms with Crippen LogP contribution in [0.5, 0.6) is 0 Å². The largest absolute Gasteiger partial charge is 0.345 e. The summed E-state index contributed by atoms with van der Waals surface area (Å²) in [5.41, 5.74) is 5.79. The third-order valence-corrected chi connectivity index (χ3v) is 4.22. The van der Waals surface area contributed by atoms with Gasteiger partial charge in [-0.3, -0.25) is 14.8 Å². The van der Waals surface area contributed by atoms with Gasteiger partial charge in [0.1, 0.15) is 0 Å². The van der Waals surface area contributed by atoms with Gasteiger partial charge in [0.15, 0.2) is 0 Å². The van der Waals surface area contributed by atoms with Gasteiger partial charge in [0.2, 0.25) is 0 Å². The molecule has 0 spiro atoms. The van der Waals surface area contributed by atoms with Crippen molar-refractivity contribution in [1.29, 1.82) is 0 Å². The Morgan fingerprint density at radius 2 is 1.92 bits per heavy atom. The minimum atomic E-state index is -0.127.